The van der Waals surface area contributed by atoms with Crippen LogP contribution in [0.4, 0.5) is 4.79 Å². The maximum absolute atomic E-state index is 11.7. The molecule has 0 bridgehead atoms. The summed E-state index contributed by atoms with van der Waals surface area (Å²) in [5.41, 5.74) is 0. The van der Waals surface area contributed by atoms with Crippen molar-refractivity contribution in [3.63, 3.8) is 0 Å². The van der Waals surface area contributed by atoms with Gasteiger partial charge in [0.1, 0.15) is 0 Å². The fraction of sp³-hybridized carbons (Fsp3) is 0.778. The summed E-state index contributed by atoms with van der Waals surface area (Å²) in [6, 6.07) is 0. The van der Waals surface area contributed by atoms with Crippen LogP contribution in [0.5, 0.6) is 0 Å². The van der Waals surface area contributed by atoms with Crippen molar-refractivity contribution in [1.29, 1.82) is 0 Å². The zero-order chi connectivity index (χ0) is 9.47. The van der Waals surface area contributed by atoms with Gasteiger partial charge in [-0.1, -0.05) is 6.92 Å². The van der Waals surface area contributed by atoms with Gasteiger partial charge in [0.25, 0.3) is 0 Å². The molecule has 0 aromatic carbocycles. The Morgan fingerprint density at radius 1 is 1.46 bits per heavy atom. The molecule has 0 amide bonds. The normalized spacial score (nSPS) is 30.7. The quantitative estimate of drug-likeness (QED) is 0.581. The van der Waals surface area contributed by atoms with E-state index in [0.717, 1.165) is 19.3 Å². The highest BCUT2D eigenvalue weighted by atomic mass is 16.9. The Morgan fingerprint density at radius 2 is 2.15 bits per heavy atom. The van der Waals surface area contributed by atoms with Crippen molar-refractivity contribution in [2.24, 2.45) is 5.92 Å². The highest BCUT2D eigenvalue weighted by Gasteiger charge is 2.58. The molecule has 4 nitrogen and oxygen atoms in total. The maximum Gasteiger partial charge on any atom is 0.515 e. The lowest BCUT2D eigenvalue weighted by atomic mass is 9.81. The third kappa shape index (κ3) is 1.12. The second-order valence-electron chi connectivity index (χ2n) is 3.57. The smallest absolute Gasteiger partial charge is 0.383 e. The third-order valence-electron chi connectivity index (χ3n) is 2.79. The van der Waals surface area contributed by atoms with E-state index in [-0.39, 0.29) is 11.7 Å². The molecule has 1 heterocycles. The Bertz CT molecular complexity index is 250. The number of hydrogen-bond acceptors (Lipinski definition) is 4. The van der Waals surface area contributed by atoms with Crippen LogP contribution in [-0.2, 0) is 14.3 Å². The summed E-state index contributed by atoms with van der Waals surface area (Å²) in [7, 11) is 0. The molecule has 0 radical (unpaired) electrons. The van der Waals surface area contributed by atoms with Crippen LogP contribution in [-0.4, -0.2) is 17.7 Å². The molecule has 2 fully saturated rings. The number of Topliss-reactive ketones (excluding diaryl/α,β-unsaturated/α-hetero) is 1. The molecule has 1 aliphatic carbocycles. The predicted octanol–water partition coefficient (Wildman–Crippen LogP) is 1.63. The summed E-state index contributed by atoms with van der Waals surface area (Å²) in [6.07, 6.45) is 2.37. The molecule has 2 rings (SSSR count). The summed E-state index contributed by atoms with van der Waals surface area (Å²) < 4.78 is 9.60. The predicted molar refractivity (Wildman–Crippen MR) is 42.9 cm³/mol. The molecule has 72 valence electrons. The van der Waals surface area contributed by atoms with E-state index in [1.54, 1.807) is 0 Å². The van der Waals surface area contributed by atoms with Crippen molar-refractivity contribution in [2.45, 2.75) is 38.4 Å². The second kappa shape index (κ2) is 2.72. The largest absolute Gasteiger partial charge is 0.515 e. The van der Waals surface area contributed by atoms with Crippen LogP contribution in [0.15, 0.2) is 0 Å². The van der Waals surface area contributed by atoms with E-state index in [0.29, 0.717) is 6.42 Å². The molecule has 4 heteroatoms. The van der Waals surface area contributed by atoms with E-state index in [1.807, 2.05) is 6.92 Å². The first-order valence-corrected chi connectivity index (χ1v) is 4.64. The Balaban J connectivity index is 2.12. The number of ether oxygens (including phenoxy) is 2. The van der Waals surface area contributed by atoms with Crippen LogP contribution < -0.4 is 0 Å². The van der Waals surface area contributed by atoms with Crippen LogP contribution in [0.2, 0.25) is 0 Å². The monoisotopic (exact) mass is 184 g/mol. The molecule has 0 N–H and O–H groups in total. The summed E-state index contributed by atoms with van der Waals surface area (Å²) in [4.78, 5) is 22.2. The van der Waals surface area contributed by atoms with Crippen molar-refractivity contribution in [2.75, 3.05) is 0 Å². The van der Waals surface area contributed by atoms with Gasteiger partial charge in [-0.3, -0.25) is 4.79 Å². The number of hydrogen-bond donors (Lipinski definition) is 0. The van der Waals surface area contributed by atoms with E-state index >= 15 is 0 Å². The molecular formula is C9H12O4. The lowest BCUT2D eigenvalue weighted by Crippen LogP contribution is -2.59. The lowest BCUT2D eigenvalue weighted by molar-refractivity contribution is -0.267. The molecular weight excluding hydrogens is 172 g/mol. The van der Waals surface area contributed by atoms with E-state index in [4.69, 9.17) is 9.47 Å². The highest BCUT2D eigenvalue weighted by Crippen LogP contribution is 2.40. The average Bonchev–Trinajstić information content (AvgIpc) is 2.07. The third-order valence-corrected chi connectivity index (χ3v) is 2.79. The van der Waals surface area contributed by atoms with Gasteiger partial charge in [0, 0.05) is 12.3 Å². The molecule has 13 heavy (non-hydrogen) atoms. The van der Waals surface area contributed by atoms with Gasteiger partial charge in [0.15, 0.2) is 0 Å². The van der Waals surface area contributed by atoms with E-state index in [9.17, 15) is 9.59 Å². The van der Waals surface area contributed by atoms with Crippen LogP contribution in [0.1, 0.15) is 32.6 Å². The molecule has 1 spiro atoms. The fourth-order valence-corrected chi connectivity index (χ4v) is 2.02. The second-order valence-corrected chi connectivity index (χ2v) is 3.57. The minimum Gasteiger partial charge on any atom is -0.383 e. The first kappa shape index (κ1) is 8.53. The molecule has 1 saturated heterocycles. The Kier molecular flexibility index (Phi) is 1.78. The van der Waals surface area contributed by atoms with E-state index < -0.39 is 11.9 Å². The summed E-state index contributed by atoms with van der Waals surface area (Å²) in [6.45, 7) is 1.96. The van der Waals surface area contributed by atoms with Gasteiger partial charge in [-0.2, -0.15) is 0 Å². The number of carbonyl (C=O) groups is 2. The van der Waals surface area contributed by atoms with Crippen LogP contribution in [0.3, 0.4) is 0 Å². The first-order valence-electron chi connectivity index (χ1n) is 4.64. The van der Waals surface area contributed by atoms with Crippen molar-refractivity contribution >= 4 is 11.9 Å². The number of carbonyl (C=O) groups excluding carboxylic acids is 2. The van der Waals surface area contributed by atoms with Gasteiger partial charge in [-0.25, -0.2) is 4.79 Å². The molecule has 1 saturated carbocycles. The molecule has 0 aromatic heterocycles. The molecule has 1 unspecified atom stereocenters. The average molecular weight is 184 g/mol. The van der Waals surface area contributed by atoms with Gasteiger partial charge in [-0.15, -0.1) is 0 Å². The van der Waals surface area contributed by atoms with Crippen LogP contribution in [0, 0.1) is 5.92 Å². The van der Waals surface area contributed by atoms with Crippen molar-refractivity contribution in [3.05, 3.63) is 0 Å². The summed E-state index contributed by atoms with van der Waals surface area (Å²) in [5, 5.41) is 0. The number of rotatable bonds is 1. The van der Waals surface area contributed by atoms with Crippen molar-refractivity contribution in [3.8, 4) is 0 Å². The first-order chi connectivity index (χ1) is 6.18. The van der Waals surface area contributed by atoms with Crippen molar-refractivity contribution in [1.82, 2.24) is 0 Å². The molecule has 0 aromatic rings. The molecule has 1 atom stereocenters. The van der Waals surface area contributed by atoms with Gasteiger partial charge < -0.3 is 9.47 Å². The lowest BCUT2D eigenvalue weighted by Gasteiger charge is -2.42. The molecule has 1 aliphatic heterocycles. The Morgan fingerprint density at radius 3 is 2.69 bits per heavy atom. The zero-order valence-electron chi connectivity index (χ0n) is 7.54. The van der Waals surface area contributed by atoms with Gasteiger partial charge in [0.2, 0.25) is 5.78 Å². The van der Waals surface area contributed by atoms with Crippen molar-refractivity contribution < 1.29 is 19.1 Å². The van der Waals surface area contributed by atoms with Crippen LogP contribution >= 0.6 is 0 Å². The summed E-state index contributed by atoms with van der Waals surface area (Å²) >= 11 is 0. The number of ketones is 1. The SMILES string of the molecule is CCC1CCCC2(OC(=O)O2)C1=O. The van der Waals surface area contributed by atoms with Crippen LogP contribution in [0.25, 0.3) is 0 Å². The topological polar surface area (TPSA) is 52.6 Å². The Hall–Kier alpha value is -1.06. The van der Waals surface area contributed by atoms with E-state index in [2.05, 4.69) is 0 Å². The molecule has 2 aliphatic rings. The van der Waals surface area contributed by atoms with Gasteiger partial charge in [0.05, 0.1) is 0 Å². The minimum absolute atomic E-state index is 0.00171. The van der Waals surface area contributed by atoms with Gasteiger partial charge >= 0.3 is 11.9 Å². The minimum atomic E-state index is -1.18. The van der Waals surface area contributed by atoms with E-state index in [1.165, 1.54) is 0 Å². The zero-order valence-corrected chi connectivity index (χ0v) is 7.54. The maximum atomic E-state index is 11.7. The Labute approximate surface area is 76.2 Å². The van der Waals surface area contributed by atoms with Gasteiger partial charge in [-0.05, 0) is 19.3 Å². The standard InChI is InChI=1S/C9H12O4/c1-2-6-4-3-5-9(7(6)10)12-8(11)13-9/h6H,2-5H2,1H3. The highest BCUT2D eigenvalue weighted by molar-refractivity contribution is 5.94. The fourth-order valence-electron chi connectivity index (χ4n) is 2.02. The summed E-state index contributed by atoms with van der Waals surface area (Å²) in [5.74, 6) is -1.24.